The molecule has 0 saturated heterocycles. The van der Waals surface area contributed by atoms with E-state index < -0.39 is 24.8 Å². The molecular formula is C10H15NO5. The molecule has 0 aliphatic carbocycles. The minimum atomic E-state index is -1.28. The van der Waals surface area contributed by atoms with E-state index in [0.717, 1.165) is 0 Å². The average Bonchev–Trinajstić information content (AvgIpc) is 2.76. The fourth-order valence-electron chi connectivity index (χ4n) is 1.22. The number of aliphatic hydroxyl groups excluding tert-OH is 3. The molecule has 6 nitrogen and oxygen atoms in total. The Balaban J connectivity index is 2.74. The Hall–Kier alpha value is -1.37. The van der Waals surface area contributed by atoms with Gasteiger partial charge in [-0.05, 0) is 19.1 Å². The van der Waals surface area contributed by atoms with Gasteiger partial charge in [0.2, 0.25) is 0 Å². The Morgan fingerprint density at radius 1 is 1.50 bits per heavy atom. The zero-order valence-electron chi connectivity index (χ0n) is 8.88. The first-order valence-electron chi connectivity index (χ1n) is 4.93. The van der Waals surface area contributed by atoms with E-state index in [4.69, 9.17) is 9.84 Å². The van der Waals surface area contributed by atoms with Crippen LogP contribution in [0.15, 0.2) is 12.1 Å². The van der Waals surface area contributed by atoms with Gasteiger partial charge in [-0.2, -0.15) is 0 Å². The third-order valence-electron chi connectivity index (χ3n) is 2.07. The van der Waals surface area contributed by atoms with Crippen molar-refractivity contribution in [3.63, 3.8) is 0 Å². The Morgan fingerprint density at radius 2 is 2.19 bits per heavy atom. The number of hydrogen-bond donors (Lipinski definition) is 4. The second-order valence-corrected chi connectivity index (χ2v) is 3.24. The smallest absolute Gasteiger partial charge is 0.354 e. The van der Waals surface area contributed by atoms with Gasteiger partial charge in [0.05, 0.1) is 13.2 Å². The van der Waals surface area contributed by atoms with Gasteiger partial charge >= 0.3 is 5.97 Å². The van der Waals surface area contributed by atoms with Crippen molar-refractivity contribution >= 4 is 5.97 Å². The SMILES string of the molecule is CCOC(=O)c1ccc(C(O)C(O)CO)[nH]1. The number of aromatic amines is 1. The van der Waals surface area contributed by atoms with Crippen LogP contribution in [-0.4, -0.2) is 45.6 Å². The lowest BCUT2D eigenvalue weighted by molar-refractivity contribution is -0.0171. The van der Waals surface area contributed by atoms with Crippen molar-refractivity contribution in [1.82, 2.24) is 4.98 Å². The van der Waals surface area contributed by atoms with E-state index in [9.17, 15) is 15.0 Å². The molecular weight excluding hydrogens is 214 g/mol. The van der Waals surface area contributed by atoms with Crippen LogP contribution in [0.1, 0.15) is 29.2 Å². The summed E-state index contributed by atoms with van der Waals surface area (Å²) >= 11 is 0. The molecule has 1 rings (SSSR count). The summed E-state index contributed by atoms with van der Waals surface area (Å²) in [7, 11) is 0. The van der Waals surface area contributed by atoms with E-state index in [1.54, 1.807) is 6.92 Å². The number of esters is 1. The standard InChI is InChI=1S/C10H15NO5/c1-2-16-10(15)7-4-3-6(11-7)9(14)8(13)5-12/h3-4,8-9,11-14H,2,5H2,1H3. The lowest BCUT2D eigenvalue weighted by atomic mass is 10.1. The van der Waals surface area contributed by atoms with E-state index in [2.05, 4.69) is 4.98 Å². The van der Waals surface area contributed by atoms with Gasteiger partial charge in [0, 0.05) is 5.69 Å². The minimum Gasteiger partial charge on any atom is -0.461 e. The maximum Gasteiger partial charge on any atom is 0.354 e. The van der Waals surface area contributed by atoms with Crippen LogP contribution in [0, 0.1) is 0 Å². The zero-order valence-corrected chi connectivity index (χ0v) is 8.88. The van der Waals surface area contributed by atoms with Gasteiger partial charge in [-0.1, -0.05) is 0 Å². The third kappa shape index (κ3) is 2.82. The normalized spacial score (nSPS) is 14.5. The number of aliphatic hydroxyl groups is 3. The molecule has 0 fully saturated rings. The van der Waals surface area contributed by atoms with Gasteiger partial charge in [-0.15, -0.1) is 0 Å². The molecule has 2 atom stereocenters. The predicted molar refractivity (Wildman–Crippen MR) is 54.8 cm³/mol. The van der Waals surface area contributed by atoms with E-state index in [1.807, 2.05) is 0 Å². The van der Waals surface area contributed by atoms with Crippen molar-refractivity contribution < 1.29 is 24.9 Å². The van der Waals surface area contributed by atoms with Gasteiger partial charge in [-0.3, -0.25) is 0 Å². The number of carbonyl (C=O) groups is 1. The van der Waals surface area contributed by atoms with Crippen LogP contribution in [0.4, 0.5) is 0 Å². The van der Waals surface area contributed by atoms with E-state index in [0.29, 0.717) is 0 Å². The first-order chi connectivity index (χ1) is 7.60. The highest BCUT2D eigenvalue weighted by Gasteiger charge is 2.20. The molecule has 0 saturated carbocycles. The quantitative estimate of drug-likeness (QED) is 0.513. The van der Waals surface area contributed by atoms with Gasteiger partial charge < -0.3 is 25.0 Å². The summed E-state index contributed by atoms with van der Waals surface area (Å²) in [6, 6.07) is 2.90. The summed E-state index contributed by atoms with van der Waals surface area (Å²) in [5, 5.41) is 27.4. The zero-order chi connectivity index (χ0) is 12.1. The number of ether oxygens (including phenoxy) is 1. The Kier molecular flexibility index (Phi) is 4.48. The van der Waals surface area contributed by atoms with Crippen LogP contribution in [0.2, 0.25) is 0 Å². The second kappa shape index (κ2) is 5.64. The molecule has 1 heterocycles. The predicted octanol–water partition coefficient (Wildman–Crippen LogP) is -0.422. The number of nitrogens with one attached hydrogen (secondary N) is 1. The van der Waals surface area contributed by atoms with Gasteiger partial charge in [0.1, 0.15) is 17.9 Å². The van der Waals surface area contributed by atoms with Crippen molar-refractivity contribution in [1.29, 1.82) is 0 Å². The van der Waals surface area contributed by atoms with Crippen LogP contribution in [-0.2, 0) is 4.74 Å². The van der Waals surface area contributed by atoms with Gasteiger partial charge in [0.25, 0.3) is 0 Å². The van der Waals surface area contributed by atoms with Crippen molar-refractivity contribution in [2.45, 2.75) is 19.1 Å². The monoisotopic (exact) mass is 229 g/mol. The summed E-state index contributed by atoms with van der Waals surface area (Å²) in [4.78, 5) is 13.9. The molecule has 0 aliphatic rings. The van der Waals surface area contributed by atoms with Crippen molar-refractivity contribution in [3.8, 4) is 0 Å². The topological polar surface area (TPSA) is 103 Å². The van der Waals surface area contributed by atoms with Gasteiger partial charge in [0.15, 0.2) is 0 Å². The summed E-state index contributed by atoms with van der Waals surface area (Å²) < 4.78 is 4.74. The Labute approximate surface area is 92.5 Å². The summed E-state index contributed by atoms with van der Waals surface area (Å²) in [6.45, 7) is 1.38. The maximum absolute atomic E-state index is 11.3. The first kappa shape index (κ1) is 12.7. The summed E-state index contributed by atoms with van der Waals surface area (Å²) in [5.41, 5.74) is 0.450. The molecule has 0 aliphatic heterocycles. The molecule has 2 unspecified atom stereocenters. The molecule has 0 spiro atoms. The van der Waals surface area contributed by atoms with E-state index in [-0.39, 0.29) is 18.0 Å². The number of H-pyrrole nitrogens is 1. The van der Waals surface area contributed by atoms with Crippen LogP contribution in [0.5, 0.6) is 0 Å². The van der Waals surface area contributed by atoms with Crippen LogP contribution >= 0.6 is 0 Å². The van der Waals surface area contributed by atoms with E-state index in [1.165, 1.54) is 12.1 Å². The highest BCUT2D eigenvalue weighted by Crippen LogP contribution is 2.16. The lowest BCUT2D eigenvalue weighted by Gasteiger charge is -2.13. The van der Waals surface area contributed by atoms with Crippen LogP contribution in [0.25, 0.3) is 0 Å². The molecule has 4 N–H and O–H groups in total. The Morgan fingerprint density at radius 3 is 2.75 bits per heavy atom. The van der Waals surface area contributed by atoms with Crippen LogP contribution < -0.4 is 0 Å². The number of carbonyl (C=O) groups excluding carboxylic acids is 1. The highest BCUT2D eigenvalue weighted by molar-refractivity contribution is 5.87. The second-order valence-electron chi connectivity index (χ2n) is 3.24. The molecule has 1 aromatic heterocycles. The molecule has 0 radical (unpaired) electrons. The number of hydrogen-bond acceptors (Lipinski definition) is 5. The highest BCUT2D eigenvalue weighted by atomic mass is 16.5. The lowest BCUT2D eigenvalue weighted by Crippen LogP contribution is -2.22. The molecule has 0 aromatic carbocycles. The average molecular weight is 229 g/mol. The maximum atomic E-state index is 11.3. The summed E-state index contributed by atoms with van der Waals surface area (Å²) in [6.07, 6.45) is -2.54. The summed E-state index contributed by atoms with van der Waals surface area (Å²) in [5.74, 6) is -0.528. The van der Waals surface area contributed by atoms with Crippen molar-refractivity contribution in [2.24, 2.45) is 0 Å². The van der Waals surface area contributed by atoms with Crippen LogP contribution in [0.3, 0.4) is 0 Å². The first-order valence-corrected chi connectivity index (χ1v) is 4.93. The molecule has 90 valence electrons. The number of rotatable bonds is 5. The third-order valence-corrected chi connectivity index (χ3v) is 2.07. The number of aromatic nitrogens is 1. The van der Waals surface area contributed by atoms with E-state index >= 15 is 0 Å². The fourth-order valence-corrected chi connectivity index (χ4v) is 1.22. The Bertz CT molecular complexity index is 349. The van der Waals surface area contributed by atoms with Crippen molar-refractivity contribution in [3.05, 3.63) is 23.5 Å². The minimum absolute atomic E-state index is 0.195. The molecule has 0 amide bonds. The molecule has 1 aromatic rings. The molecule has 6 heteroatoms. The van der Waals surface area contributed by atoms with Gasteiger partial charge in [-0.25, -0.2) is 4.79 Å². The van der Waals surface area contributed by atoms with Crippen molar-refractivity contribution in [2.75, 3.05) is 13.2 Å². The molecule has 16 heavy (non-hydrogen) atoms. The fraction of sp³-hybridized carbons (Fsp3) is 0.500. The largest absolute Gasteiger partial charge is 0.461 e. The molecule has 0 bridgehead atoms.